The van der Waals surface area contributed by atoms with Gasteiger partial charge in [-0.05, 0) is 54.3 Å². The van der Waals surface area contributed by atoms with Crippen molar-refractivity contribution < 1.29 is 9.59 Å². The highest BCUT2D eigenvalue weighted by atomic mass is 35.5. The van der Waals surface area contributed by atoms with E-state index >= 15 is 0 Å². The highest BCUT2D eigenvalue weighted by Crippen LogP contribution is 2.23. The number of nitrogens with zero attached hydrogens (tertiary/aromatic N) is 1. The molecule has 0 heterocycles. The molecule has 35 heavy (non-hydrogen) atoms. The number of hydrogen-bond acceptors (Lipinski definition) is 3. The molecule has 1 N–H and O–H groups in total. The van der Waals surface area contributed by atoms with Crippen LogP contribution in [0.25, 0.3) is 0 Å². The molecule has 0 bridgehead atoms. The first-order valence-electron chi connectivity index (χ1n) is 12.0. The first kappa shape index (κ1) is 26.8. The van der Waals surface area contributed by atoms with Crippen molar-refractivity contribution in [3.8, 4) is 0 Å². The van der Waals surface area contributed by atoms with Gasteiger partial charge in [0.25, 0.3) is 0 Å². The standard InChI is InChI=1S/C29H33ClN2O2S/c1-3-4-18-31-29(34)27(19-23-11-6-5-7-12-23)32(20-24-13-9-8-10-22(24)2)28(33)21-35-26-16-14-25(30)15-17-26/h5-17,27H,3-4,18-21H2,1-2H3,(H,31,34). The maximum absolute atomic E-state index is 13.7. The maximum atomic E-state index is 13.7. The van der Waals surface area contributed by atoms with Gasteiger partial charge in [-0.25, -0.2) is 0 Å². The van der Waals surface area contributed by atoms with E-state index in [0.29, 0.717) is 24.5 Å². The molecular weight excluding hydrogens is 476 g/mol. The summed E-state index contributed by atoms with van der Waals surface area (Å²) in [7, 11) is 0. The Kier molecular flexibility index (Phi) is 10.7. The lowest BCUT2D eigenvalue weighted by molar-refractivity contribution is -0.139. The van der Waals surface area contributed by atoms with Gasteiger partial charge in [0.1, 0.15) is 6.04 Å². The van der Waals surface area contributed by atoms with E-state index in [1.54, 1.807) is 4.90 Å². The van der Waals surface area contributed by atoms with Gasteiger partial charge in [0.15, 0.2) is 0 Å². The van der Waals surface area contributed by atoms with Crippen molar-refractivity contribution in [2.24, 2.45) is 0 Å². The molecule has 0 aliphatic heterocycles. The largest absolute Gasteiger partial charge is 0.354 e. The summed E-state index contributed by atoms with van der Waals surface area (Å²) in [5.74, 6) is 0.0571. The number of hydrogen-bond donors (Lipinski definition) is 1. The number of halogens is 1. The minimum absolute atomic E-state index is 0.0697. The molecule has 1 unspecified atom stereocenters. The molecule has 3 aromatic carbocycles. The number of rotatable bonds is 12. The molecule has 0 saturated heterocycles. The molecule has 0 saturated carbocycles. The number of aryl methyl sites for hydroxylation is 1. The Labute approximate surface area is 218 Å². The van der Waals surface area contributed by atoms with E-state index in [1.807, 2.05) is 85.8 Å². The van der Waals surface area contributed by atoms with Crippen molar-refractivity contribution in [2.45, 2.75) is 50.6 Å². The van der Waals surface area contributed by atoms with Crippen molar-refractivity contribution in [3.63, 3.8) is 0 Å². The van der Waals surface area contributed by atoms with Gasteiger partial charge in [0, 0.05) is 29.4 Å². The lowest BCUT2D eigenvalue weighted by atomic mass is 10.0. The quantitative estimate of drug-likeness (QED) is 0.231. The van der Waals surface area contributed by atoms with E-state index in [1.165, 1.54) is 11.8 Å². The fraction of sp³-hybridized carbons (Fsp3) is 0.310. The van der Waals surface area contributed by atoms with Gasteiger partial charge < -0.3 is 10.2 Å². The van der Waals surface area contributed by atoms with Gasteiger partial charge in [0.2, 0.25) is 11.8 Å². The van der Waals surface area contributed by atoms with Crippen LogP contribution in [0, 0.1) is 6.92 Å². The Balaban J connectivity index is 1.88. The topological polar surface area (TPSA) is 49.4 Å². The van der Waals surface area contributed by atoms with E-state index in [9.17, 15) is 9.59 Å². The molecule has 3 aromatic rings. The molecule has 0 aliphatic rings. The zero-order valence-corrected chi connectivity index (χ0v) is 21.9. The number of unbranched alkanes of at least 4 members (excludes halogenated alkanes) is 1. The summed E-state index contributed by atoms with van der Waals surface area (Å²) in [6.45, 7) is 5.11. The first-order valence-corrected chi connectivity index (χ1v) is 13.4. The second-order valence-electron chi connectivity index (χ2n) is 8.54. The summed E-state index contributed by atoms with van der Waals surface area (Å²) in [4.78, 5) is 29.8. The Hall–Kier alpha value is -2.76. The van der Waals surface area contributed by atoms with Gasteiger partial charge in [-0.15, -0.1) is 11.8 Å². The monoisotopic (exact) mass is 508 g/mol. The van der Waals surface area contributed by atoms with Crippen LogP contribution < -0.4 is 5.32 Å². The molecule has 184 valence electrons. The molecule has 3 rings (SSSR count). The Morgan fingerprint density at radius 2 is 1.66 bits per heavy atom. The summed E-state index contributed by atoms with van der Waals surface area (Å²) < 4.78 is 0. The minimum atomic E-state index is -0.604. The SMILES string of the molecule is CCCCNC(=O)C(Cc1ccccc1)N(Cc1ccccc1C)C(=O)CSc1ccc(Cl)cc1. The van der Waals surface area contributed by atoms with Gasteiger partial charge in [-0.1, -0.05) is 79.5 Å². The molecule has 6 heteroatoms. The van der Waals surface area contributed by atoms with Gasteiger partial charge in [-0.2, -0.15) is 0 Å². The molecule has 0 aromatic heterocycles. The fourth-order valence-corrected chi connectivity index (χ4v) is 4.70. The van der Waals surface area contributed by atoms with E-state index in [2.05, 4.69) is 12.2 Å². The van der Waals surface area contributed by atoms with Crippen molar-refractivity contribution in [1.82, 2.24) is 10.2 Å². The third kappa shape index (κ3) is 8.44. The molecule has 1 atom stereocenters. The van der Waals surface area contributed by atoms with E-state index < -0.39 is 6.04 Å². The first-order chi connectivity index (χ1) is 17.0. The molecular formula is C29H33ClN2O2S. The summed E-state index contributed by atoms with van der Waals surface area (Å²) >= 11 is 7.46. The number of amides is 2. The van der Waals surface area contributed by atoms with Crippen LogP contribution in [0.3, 0.4) is 0 Å². The average molecular weight is 509 g/mol. The molecule has 0 fully saturated rings. The second-order valence-corrected chi connectivity index (χ2v) is 10.0. The zero-order chi connectivity index (χ0) is 25.0. The molecule has 0 radical (unpaired) electrons. The lowest BCUT2D eigenvalue weighted by Crippen LogP contribution is -2.51. The second kappa shape index (κ2) is 14.0. The normalized spacial score (nSPS) is 11.6. The average Bonchev–Trinajstić information content (AvgIpc) is 2.87. The number of carbonyl (C=O) groups excluding carboxylic acids is 2. The zero-order valence-electron chi connectivity index (χ0n) is 20.4. The maximum Gasteiger partial charge on any atom is 0.243 e. The van der Waals surface area contributed by atoms with Crippen LogP contribution in [0.4, 0.5) is 0 Å². The molecule has 4 nitrogen and oxygen atoms in total. The molecule has 2 amide bonds. The third-order valence-electron chi connectivity index (χ3n) is 5.88. The van der Waals surface area contributed by atoms with Gasteiger partial charge >= 0.3 is 0 Å². The number of nitrogens with one attached hydrogen (secondary N) is 1. The minimum Gasteiger partial charge on any atom is -0.354 e. The van der Waals surface area contributed by atoms with E-state index in [-0.39, 0.29) is 17.6 Å². The number of benzene rings is 3. The lowest BCUT2D eigenvalue weighted by Gasteiger charge is -2.32. The smallest absolute Gasteiger partial charge is 0.243 e. The van der Waals surface area contributed by atoms with Crippen molar-refractivity contribution >= 4 is 35.2 Å². The fourth-order valence-electron chi connectivity index (χ4n) is 3.79. The summed E-state index contributed by atoms with van der Waals surface area (Å²) in [6, 6.07) is 24.8. The molecule has 0 aliphatic carbocycles. The Morgan fingerprint density at radius 3 is 2.34 bits per heavy atom. The molecule has 0 spiro atoms. The Bertz CT molecular complexity index is 1090. The number of carbonyl (C=O) groups is 2. The van der Waals surface area contributed by atoms with Crippen LogP contribution in [-0.4, -0.2) is 35.1 Å². The van der Waals surface area contributed by atoms with Crippen molar-refractivity contribution in [3.05, 3.63) is 101 Å². The summed E-state index contributed by atoms with van der Waals surface area (Å²) in [5, 5.41) is 3.73. The predicted octanol–water partition coefficient (Wildman–Crippen LogP) is 6.30. The predicted molar refractivity (Wildman–Crippen MR) is 146 cm³/mol. The van der Waals surface area contributed by atoms with Crippen LogP contribution in [0.5, 0.6) is 0 Å². The van der Waals surface area contributed by atoms with E-state index in [4.69, 9.17) is 11.6 Å². The van der Waals surface area contributed by atoms with Crippen LogP contribution in [0.15, 0.2) is 83.8 Å². The van der Waals surface area contributed by atoms with Crippen LogP contribution in [0.1, 0.15) is 36.5 Å². The van der Waals surface area contributed by atoms with Crippen LogP contribution >= 0.6 is 23.4 Å². The van der Waals surface area contributed by atoms with Crippen LogP contribution in [0.2, 0.25) is 5.02 Å². The number of thioether (sulfide) groups is 1. The van der Waals surface area contributed by atoms with E-state index in [0.717, 1.165) is 34.4 Å². The summed E-state index contributed by atoms with van der Waals surface area (Å²) in [6.07, 6.45) is 2.36. The van der Waals surface area contributed by atoms with Crippen LogP contribution in [-0.2, 0) is 22.6 Å². The van der Waals surface area contributed by atoms with Gasteiger partial charge in [-0.3, -0.25) is 9.59 Å². The summed E-state index contributed by atoms with van der Waals surface area (Å²) in [5.41, 5.74) is 3.16. The highest BCUT2D eigenvalue weighted by molar-refractivity contribution is 8.00. The van der Waals surface area contributed by atoms with Crippen molar-refractivity contribution in [1.29, 1.82) is 0 Å². The third-order valence-corrected chi connectivity index (χ3v) is 7.13. The highest BCUT2D eigenvalue weighted by Gasteiger charge is 2.30. The van der Waals surface area contributed by atoms with Gasteiger partial charge in [0.05, 0.1) is 5.75 Å². The van der Waals surface area contributed by atoms with Crippen molar-refractivity contribution in [2.75, 3.05) is 12.3 Å². The Morgan fingerprint density at radius 1 is 0.971 bits per heavy atom.